The van der Waals surface area contributed by atoms with Crippen molar-refractivity contribution in [3.8, 4) is 5.88 Å². The quantitative estimate of drug-likeness (QED) is 0.763. The average Bonchev–Trinajstić information content (AvgIpc) is 3.08. The second-order valence-electron chi connectivity index (χ2n) is 6.05. The maximum Gasteiger partial charge on any atom is 0.221 e. The highest BCUT2D eigenvalue weighted by molar-refractivity contribution is 6.09. The molecule has 0 fully saturated rings. The summed E-state index contributed by atoms with van der Waals surface area (Å²) in [5.41, 5.74) is 2.63. The van der Waals surface area contributed by atoms with Crippen LogP contribution in [0.4, 0.5) is 5.69 Å². The van der Waals surface area contributed by atoms with E-state index in [4.69, 9.17) is 9.47 Å². The number of hydrogen-bond donors (Lipinski definition) is 1. The maximum atomic E-state index is 5.79. The maximum absolute atomic E-state index is 5.79. The highest BCUT2D eigenvalue weighted by Gasteiger charge is 2.18. The fourth-order valence-electron chi connectivity index (χ4n) is 2.75. The lowest BCUT2D eigenvalue weighted by atomic mass is 10.1. The van der Waals surface area contributed by atoms with Crippen LogP contribution in [0.5, 0.6) is 5.88 Å². The number of hydrogen-bond acceptors (Lipinski definition) is 7. The molecule has 0 unspecified atom stereocenters. The average molecular weight is 349 g/mol. The summed E-state index contributed by atoms with van der Waals surface area (Å²) < 4.78 is 11.0. The normalized spacial score (nSPS) is 14.0. The molecule has 0 aliphatic carbocycles. The Morgan fingerprint density at radius 2 is 2.00 bits per heavy atom. The predicted molar refractivity (Wildman–Crippen MR) is 99.6 cm³/mol. The van der Waals surface area contributed by atoms with Gasteiger partial charge in [-0.25, -0.2) is 9.97 Å². The molecular weight excluding hydrogens is 330 g/mol. The van der Waals surface area contributed by atoms with Crippen molar-refractivity contribution in [2.24, 2.45) is 4.99 Å². The van der Waals surface area contributed by atoms with Gasteiger partial charge in [0, 0.05) is 36.8 Å². The minimum Gasteiger partial charge on any atom is -0.474 e. The van der Waals surface area contributed by atoms with Crippen LogP contribution in [-0.2, 0) is 11.3 Å². The molecule has 1 aliphatic rings. The van der Waals surface area contributed by atoms with Crippen molar-refractivity contribution in [3.05, 3.63) is 54.2 Å². The van der Waals surface area contributed by atoms with Crippen molar-refractivity contribution >= 4 is 22.3 Å². The Kier molecular flexibility index (Phi) is 4.45. The minimum absolute atomic E-state index is 0.00884. The molecule has 1 N–H and O–H groups in total. The van der Waals surface area contributed by atoms with Gasteiger partial charge < -0.3 is 14.8 Å². The van der Waals surface area contributed by atoms with Crippen LogP contribution in [0.2, 0.25) is 0 Å². The summed E-state index contributed by atoms with van der Waals surface area (Å²) in [6.45, 7) is 2.96. The Morgan fingerprint density at radius 1 is 1.12 bits per heavy atom. The van der Waals surface area contributed by atoms with E-state index in [0.717, 1.165) is 33.7 Å². The van der Waals surface area contributed by atoms with Gasteiger partial charge in [-0.1, -0.05) is 0 Å². The van der Waals surface area contributed by atoms with Crippen LogP contribution in [0, 0.1) is 0 Å². The zero-order valence-electron chi connectivity index (χ0n) is 14.6. The molecule has 7 heteroatoms. The summed E-state index contributed by atoms with van der Waals surface area (Å²) in [4.78, 5) is 17.5. The molecule has 2 aromatic heterocycles. The molecule has 0 amide bonds. The summed E-state index contributed by atoms with van der Waals surface area (Å²) in [5.74, 6) is 1.35. The third-order valence-electron chi connectivity index (χ3n) is 4.23. The monoisotopic (exact) mass is 349 g/mol. The molecule has 0 bridgehead atoms. The fourth-order valence-corrected chi connectivity index (χ4v) is 2.75. The van der Waals surface area contributed by atoms with Gasteiger partial charge in [-0.05, 0) is 36.6 Å². The zero-order valence-corrected chi connectivity index (χ0v) is 14.6. The third-order valence-corrected chi connectivity index (χ3v) is 4.23. The highest BCUT2D eigenvalue weighted by atomic mass is 16.5. The summed E-state index contributed by atoms with van der Waals surface area (Å²) in [6, 6.07) is 7.97. The Morgan fingerprint density at radius 3 is 2.88 bits per heavy atom. The first-order valence-corrected chi connectivity index (χ1v) is 8.40. The van der Waals surface area contributed by atoms with Crippen molar-refractivity contribution in [2.45, 2.75) is 19.6 Å². The van der Waals surface area contributed by atoms with Gasteiger partial charge in [0.15, 0.2) is 5.84 Å². The summed E-state index contributed by atoms with van der Waals surface area (Å²) in [6.07, 6.45) is 5.12. The van der Waals surface area contributed by atoms with E-state index in [1.54, 1.807) is 25.7 Å². The number of ether oxygens (including phenoxy) is 2. The van der Waals surface area contributed by atoms with Crippen molar-refractivity contribution in [2.75, 3.05) is 19.0 Å². The smallest absolute Gasteiger partial charge is 0.221 e. The number of aromatic nitrogens is 3. The summed E-state index contributed by atoms with van der Waals surface area (Å²) >= 11 is 0. The largest absolute Gasteiger partial charge is 0.474 e. The van der Waals surface area contributed by atoms with E-state index in [2.05, 4.69) is 25.3 Å². The summed E-state index contributed by atoms with van der Waals surface area (Å²) in [5, 5.41) is 5.32. The first-order chi connectivity index (χ1) is 12.7. The van der Waals surface area contributed by atoms with E-state index in [0.29, 0.717) is 19.0 Å². The summed E-state index contributed by atoms with van der Waals surface area (Å²) in [7, 11) is 1.66. The van der Waals surface area contributed by atoms with Crippen LogP contribution in [0.25, 0.3) is 10.8 Å². The van der Waals surface area contributed by atoms with E-state index in [1.165, 1.54) is 0 Å². The Labute approximate surface area is 151 Å². The van der Waals surface area contributed by atoms with Gasteiger partial charge in [-0.3, -0.25) is 9.98 Å². The van der Waals surface area contributed by atoms with Gasteiger partial charge in [0.25, 0.3) is 0 Å². The molecule has 0 spiro atoms. The highest BCUT2D eigenvalue weighted by Crippen LogP contribution is 2.27. The van der Waals surface area contributed by atoms with E-state index in [-0.39, 0.29) is 6.10 Å². The van der Waals surface area contributed by atoms with E-state index >= 15 is 0 Å². The molecule has 26 heavy (non-hydrogen) atoms. The number of amidine groups is 1. The zero-order chi connectivity index (χ0) is 17.9. The lowest BCUT2D eigenvalue weighted by Gasteiger charge is -2.13. The molecule has 3 aromatic rings. The van der Waals surface area contributed by atoms with Crippen LogP contribution < -0.4 is 10.1 Å². The predicted octanol–water partition coefficient (Wildman–Crippen LogP) is 2.81. The molecule has 0 saturated carbocycles. The van der Waals surface area contributed by atoms with Gasteiger partial charge in [0.05, 0.1) is 18.3 Å². The van der Waals surface area contributed by atoms with Crippen LogP contribution >= 0.6 is 0 Å². The molecule has 1 aliphatic heterocycles. The lowest BCUT2D eigenvalue weighted by Crippen LogP contribution is -2.16. The number of anilines is 1. The SMILES string of the molecule is CO[C@H](C)COc1nccc2cc(NC3=NCc4nccnc43)ccc12. The van der Waals surface area contributed by atoms with E-state index in [1.807, 2.05) is 31.2 Å². The number of fused-ring (bicyclic) bond motifs is 2. The molecule has 4 rings (SSSR count). The molecule has 0 saturated heterocycles. The minimum atomic E-state index is 0.00884. The second-order valence-corrected chi connectivity index (χ2v) is 6.05. The Hall–Kier alpha value is -3.06. The number of benzene rings is 1. The third kappa shape index (κ3) is 3.21. The van der Waals surface area contributed by atoms with Gasteiger partial charge in [0.1, 0.15) is 12.3 Å². The Balaban J connectivity index is 1.57. The first-order valence-electron chi connectivity index (χ1n) is 8.40. The number of nitrogens with one attached hydrogen (secondary N) is 1. The van der Waals surface area contributed by atoms with Crippen LogP contribution in [-0.4, -0.2) is 40.6 Å². The van der Waals surface area contributed by atoms with E-state index < -0.39 is 0 Å². The van der Waals surface area contributed by atoms with Gasteiger partial charge in [-0.15, -0.1) is 0 Å². The molecule has 1 atom stereocenters. The van der Waals surface area contributed by atoms with Crippen LogP contribution in [0.1, 0.15) is 18.3 Å². The molecule has 132 valence electrons. The molecule has 7 nitrogen and oxygen atoms in total. The van der Waals surface area contributed by atoms with E-state index in [9.17, 15) is 0 Å². The van der Waals surface area contributed by atoms with Gasteiger partial charge in [-0.2, -0.15) is 0 Å². The van der Waals surface area contributed by atoms with Crippen LogP contribution in [0.3, 0.4) is 0 Å². The number of pyridine rings is 1. The molecule has 1 aromatic carbocycles. The molecule has 3 heterocycles. The standard InChI is InChI=1S/C19H19N5O2/c1-12(25-2)11-26-19-15-4-3-14(9-13(15)5-6-22-19)24-18-17-16(10-23-18)20-7-8-21-17/h3-9,12H,10-11H2,1-2H3,(H,23,24)/t12-/m1/s1. The van der Waals surface area contributed by atoms with Crippen molar-refractivity contribution in [1.29, 1.82) is 0 Å². The number of nitrogens with zero attached hydrogens (tertiary/aromatic N) is 4. The van der Waals surface area contributed by atoms with Crippen molar-refractivity contribution < 1.29 is 9.47 Å². The molecular formula is C19H19N5O2. The van der Waals surface area contributed by atoms with Crippen LogP contribution in [0.15, 0.2) is 47.8 Å². The fraction of sp³-hybridized carbons (Fsp3) is 0.263. The molecule has 0 radical (unpaired) electrons. The number of aliphatic imine (C=N–C) groups is 1. The number of methoxy groups -OCH3 is 1. The first kappa shape index (κ1) is 16.4. The lowest BCUT2D eigenvalue weighted by molar-refractivity contribution is 0.0706. The number of rotatable bonds is 5. The van der Waals surface area contributed by atoms with Gasteiger partial charge in [0.2, 0.25) is 5.88 Å². The van der Waals surface area contributed by atoms with Gasteiger partial charge >= 0.3 is 0 Å². The second kappa shape index (κ2) is 7.05. The van der Waals surface area contributed by atoms with Crippen molar-refractivity contribution in [1.82, 2.24) is 15.0 Å². The van der Waals surface area contributed by atoms with Crippen molar-refractivity contribution in [3.63, 3.8) is 0 Å². The Bertz CT molecular complexity index is 973. The topological polar surface area (TPSA) is 81.5 Å².